The summed E-state index contributed by atoms with van der Waals surface area (Å²) in [5, 5.41) is 12.7. The van der Waals surface area contributed by atoms with E-state index in [1.54, 1.807) is 36.5 Å². The first kappa shape index (κ1) is 11.7. The van der Waals surface area contributed by atoms with Crippen molar-refractivity contribution < 1.29 is 0 Å². The normalized spacial score (nSPS) is 9.71. The number of nitriles is 1. The van der Waals surface area contributed by atoms with Crippen LogP contribution in [0.15, 0.2) is 36.5 Å². The zero-order valence-corrected chi connectivity index (χ0v) is 10.1. The number of nitrogens with one attached hydrogen (secondary N) is 1. The molecule has 0 unspecified atom stereocenters. The highest BCUT2D eigenvalue weighted by molar-refractivity contribution is 6.43. The summed E-state index contributed by atoms with van der Waals surface area (Å²) in [7, 11) is 0. The Balaban J connectivity index is 2.32. The first-order chi connectivity index (χ1) is 8.20. The van der Waals surface area contributed by atoms with Crippen molar-refractivity contribution in [2.75, 3.05) is 5.32 Å². The Morgan fingerprint density at radius 3 is 2.82 bits per heavy atom. The first-order valence-corrected chi connectivity index (χ1v) is 5.53. The Morgan fingerprint density at radius 1 is 1.24 bits per heavy atom. The lowest BCUT2D eigenvalue weighted by Crippen LogP contribution is -1.94. The molecule has 0 aliphatic rings. The quantitative estimate of drug-likeness (QED) is 0.891. The number of aromatic nitrogens is 1. The summed E-state index contributed by atoms with van der Waals surface area (Å²) in [6, 6.07) is 10.6. The van der Waals surface area contributed by atoms with Crippen molar-refractivity contribution in [3.05, 3.63) is 52.1 Å². The van der Waals surface area contributed by atoms with E-state index in [4.69, 9.17) is 28.5 Å². The molecular weight excluding hydrogens is 257 g/mol. The molecular formula is C12H7Cl2N3. The lowest BCUT2D eigenvalue weighted by atomic mass is 10.2. The average molecular weight is 264 g/mol. The van der Waals surface area contributed by atoms with Crippen molar-refractivity contribution in [3.63, 3.8) is 0 Å². The monoisotopic (exact) mass is 263 g/mol. The Kier molecular flexibility index (Phi) is 3.48. The standard InChI is InChI=1S/C12H7Cl2N3/c13-9-2-1-3-10(12(9)14)17-11-6-8(7-15)4-5-16-11/h1-6H,(H,16,17). The average Bonchev–Trinajstić information content (AvgIpc) is 2.35. The van der Waals surface area contributed by atoms with Crippen molar-refractivity contribution in [2.24, 2.45) is 0 Å². The first-order valence-electron chi connectivity index (χ1n) is 4.78. The summed E-state index contributed by atoms with van der Waals surface area (Å²) in [5.41, 5.74) is 1.18. The molecule has 1 aromatic carbocycles. The van der Waals surface area contributed by atoms with E-state index in [1.807, 2.05) is 6.07 Å². The molecule has 0 radical (unpaired) electrons. The van der Waals surface area contributed by atoms with Crippen LogP contribution in [0.3, 0.4) is 0 Å². The zero-order chi connectivity index (χ0) is 12.3. The van der Waals surface area contributed by atoms with Gasteiger partial charge in [-0.3, -0.25) is 0 Å². The number of hydrogen-bond acceptors (Lipinski definition) is 3. The largest absolute Gasteiger partial charge is 0.339 e. The molecule has 0 aliphatic carbocycles. The topological polar surface area (TPSA) is 48.7 Å². The van der Waals surface area contributed by atoms with E-state index in [2.05, 4.69) is 10.3 Å². The van der Waals surface area contributed by atoms with Crippen molar-refractivity contribution >= 4 is 34.7 Å². The minimum atomic E-state index is 0.429. The highest BCUT2D eigenvalue weighted by Gasteiger charge is 2.05. The Morgan fingerprint density at radius 2 is 2.06 bits per heavy atom. The van der Waals surface area contributed by atoms with Crippen LogP contribution in [-0.2, 0) is 0 Å². The molecule has 0 aliphatic heterocycles. The van der Waals surface area contributed by atoms with Gasteiger partial charge in [0.2, 0.25) is 0 Å². The van der Waals surface area contributed by atoms with Gasteiger partial charge >= 0.3 is 0 Å². The second-order valence-electron chi connectivity index (χ2n) is 3.27. The van der Waals surface area contributed by atoms with Crippen LogP contribution >= 0.6 is 23.2 Å². The molecule has 2 aromatic rings. The smallest absolute Gasteiger partial charge is 0.131 e. The van der Waals surface area contributed by atoms with Crippen LogP contribution < -0.4 is 5.32 Å². The van der Waals surface area contributed by atoms with Crippen molar-refractivity contribution in [2.45, 2.75) is 0 Å². The number of nitrogens with zero attached hydrogens (tertiary/aromatic N) is 2. The third-order valence-corrected chi connectivity index (χ3v) is 2.92. The van der Waals surface area contributed by atoms with Gasteiger partial charge in [0.05, 0.1) is 27.4 Å². The maximum atomic E-state index is 8.77. The lowest BCUT2D eigenvalue weighted by Gasteiger charge is -2.08. The van der Waals surface area contributed by atoms with Gasteiger partial charge in [-0.05, 0) is 24.3 Å². The SMILES string of the molecule is N#Cc1ccnc(Nc2cccc(Cl)c2Cl)c1. The van der Waals surface area contributed by atoms with Crippen LogP contribution in [0.25, 0.3) is 0 Å². The summed E-state index contributed by atoms with van der Waals surface area (Å²) in [5.74, 6) is 0.549. The van der Waals surface area contributed by atoms with E-state index in [9.17, 15) is 0 Å². The van der Waals surface area contributed by atoms with E-state index in [0.29, 0.717) is 27.1 Å². The van der Waals surface area contributed by atoms with E-state index in [1.165, 1.54) is 0 Å². The highest BCUT2D eigenvalue weighted by Crippen LogP contribution is 2.31. The summed E-state index contributed by atoms with van der Waals surface area (Å²) >= 11 is 11.9. The molecule has 0 amide bonds. The minimum absolute atomic E-state index is 0.429. The third kappa shape index (κ3) is 2.68. The molecule has 0 saturated carbocycles. The summed E-state index contributed by atoms with van der Waals surface area (Å²) in [6.07, 6.45) is 1.55. The second kappa shape index (κ2) is 5.05. The maximum absolute atomic E-state index is 8.77. The summed E-state index contributed by atoms with van der Waals surface area (Å²) < 4.78 is 0. The fourth-order valence-electron chi connectivity index (χ4n) is 1.31. The maximum Gasteiger partial charge on any atom is 0.131 e. The van der Waals surface area contributed by atoms with Gasteiger partial charge < -0.3 is 5.32 Å². The van der Waals surface area contributed by atoms with Crippen LogP contribution in [0, 0.1) is 11.3 Å². The van der Waals surface area contributed by atoms with Gasteiger partial charge in [0.15, 0.2) is 0 Å². The predicted molar refractivity (Wildman–Crippen MR) is 68.7 cm³/mol. The second-order valence-corrected chi connectivity index (χ2v) is 4.05. The molecule has 1 aromatic heterocycles. The molecule has 0 fully saturated rings. The number of anilines is 2. The number of benzene rings is 1. The molecule has 0 atom stereocenters. The van der Waals surface area contributed by atoms with Gasteiger partial charge in [-0.15, -0.1) is 0 Å². The fourth-order valence-corrected chi connectivity index (χ4v) is 1.65. The van der Waals surface area contributed by atoms with E-state index >= 15 is 0 Å². The predicted octanol–water partition coefficient (Wildman–Crippen LogP) is 4.00. The van der Waals surface area contributed by atoms with E-state index in [0.717, 1.165) is 0 Å². The number of halogens is 2. The molecule has 0 spiro atoms. The van der Waals surface area contributed by atoms with Gasteiger partial charge in [0.25, 0.3) is 0 Å². The van der Waals surface area contributed by atoms with Crippen LogP contribution in [-0.4, -0.2) is 4.98 Å². The number of hydrogen-bond donors (Lipinski definition) is 1. The minimum Gasteiger partial charge on any atom is -0.339 e. The van der Waals surface area contributed by atoms with Gasteiger partial charge in [0.1, 0.15) is 5.82 Å². The molecule has 84 valence electrons. The molecule has 2 rings (SSSR count). The van der Waals surface area contributed by atoms with Crippen LogP contribution in [0.2, 0.25) is 10.0 Å². The molecule has 5 heteroatoms. The van der Waals surface area contributed by atoms with Crippen molar-refractivity contribution in [1.82, 2.24) is 4.98 Å². The number of rotatable bonds is 2. The van der Waals surface area contributed by atoms with E-state index < -0.39 is 0 Å². The Hall–Kier alpha value is -1.76. The Labute approximate surface area is 109 Å². The number of pyridine rings is 1. The van der Waals surface area contributed by atoms with Gasteiger partial charge in [-0.2, -0.15) is 5.26 Å². The van der Waals surface area contributed by atoms with Crippen molar-refractivity contribution in [1.29, 1.82) is 5.26 Å². The zero-order valence-electron chi connectivity index (χ0n) is 8.61. The highest BCUT2D eigenvalue weighted by atomic mass is 35.5. The Bertz CT molecular complexity index is 591. The van der Waals surface area contributed by atoms with Crippen LogP contribution in [0.1, 0.15) is 5.56 Å². The lowest BCUT2D eigenvalue weighted by molar-refractivity contribution is 1.29. The fraction of sp³-hybridized carbons (Fsp3) is 0. The summed E-state index contributed by atoms with van der Waals surface area (Å²) in [6.45, 7) is 0. The van der Waals surface area contributed by atoms with Crippen molar-refractivity contribution in [3.8, 4) is 6.07 Å². The van der Waals surface area contributed by atoms with E-state index in [-0.39, 0.29) is 0 Å². The van der Waals surface area contributed by atoms with Crippen LogP contribution in [0.4, 0.5) is 11.5 Å². The van der Waals surface area contributed by atoms with Gasteiger partial charge in [-0.1, -0.05) is 29.3 Å². The molecule has 1 heterocycles. The molecule has 3 nitrogen and oxygen atoms in total. The van der Waals surface area contributed by atoms with Gasteiger partial charge in [0, 0.05) is 6.20 Å². The summed E-state index contributed by atoms with van der Waals surface area (Å²) in [4.78, 5) is 4.09. The molecule has 0 saturated heterocycles. The third-order valence-electron chi connectivity index (χ3n) is 2.10. The molecule has 17 heavy (non-hydrogen) atoms. The molecule has 0 bridgehead atoms. The molecule has 1 N–H and O–H groups in total. The van der Waals surface area contributed by atoms with Crippen LogP contribution in [0.5, 0.6) is 0 Å². The van der Waals surface area contributed by atoms with Gasteiger partial charge in [-0.25, -0.2) is 4.98 Å².